The van der Waals surface area contributed by atoms with E-state index in [1.807, 2.05) is 0 Å². The van der Waals surface area contributed by atoms with Gasteiger partial charge < -0.3 is 4.90 Å². The van der Waals surface area contributed by atoms with E-state index in [9.17, 15) is 0 Å². The van der Waals surface area contributed by atoms with Gasteiger partial charge in [0, 0.05) is 16.8 Å². The smallest absolute Gasteiger partial charge is 0.0540 e. The van der Waals surface area contributed by atoms with Gasteiger partial charge in [-0.05, 0) is 92.6 Å². The van der Waals surface area contributed by atoms with Gasteiger partial charge in [-0.2, -0.15) is 0 Å². The quantitative estimate of drug-likeness (QED) is 0.164. The molecule has 0 saturated heterocycles. The fourth-order valence-electron chi connectivity index (χ4n) is 8.15. The van der Waals surface area contributed by atoms with Gasteiger partial charge in [0.15, 0.2) is 0 Å². The third-order valence-electron chi connectivity index (χ3n) is 10.9. The number of rotatable bonds is 7. The molecule has 8 rings (SSSR count). The van der Waals surface area contributed by atoms with E-state index in [-0.39, 0.29) is 5.41 Å². The van der Waals surface area contributed by atoms with Crippen LogP contribution in [0, 0.1) is 0 Å². The Kier molecular flexibility index (Phi) is 9.05. The van der Waals surface area contributed by atoms with Crippen molar-refractivity contribution in [3.8, 4) is 33.4 Å². The maximum atomic E-state index is 2.49. The van der Waals surface area contributed by atoms with Crippen LogP contribution in [0.1, 0.15) is 69.9 Å². The molecule has 0 unspecified atom stereocenters. The molecule has 1 fully saturated rings. The predicted octanol–water partition coefficient (Wildman–Crippen LogP) is 14.7. The summed E-state index contributed by atoms with van der Waals surface area (Å²) >= 11 is 0. The second kappa shape index (κ2) is 14.1. The lowest BCUT2D eigenvalue weighted by atomic mass is 9.80. The first kappa shape index (κ1) is 32.8. The van der Waals surface area contributed by atoms with Gasteiger partial charge in [0.25, 0.3) is 0 Å². The summed E-state index contributed by atoms with van der Waals surface area (Å²) in [5.41, 5.74) is 13.8. The highest BCUT2D eigenvalue weighted by atomic mass is 15.1. The third-order valence-corrected chi connectivity index (χ3v) is 10.9. The SMILES string of the molecule is CC(C)(C)c1ccc(-c2ccccc2N(c2ccc(-c3ccccc3)cc2)c2ccccc2-c2cccc3cccc(C4CCCCC4)c23)cc1. The van der Waals surface area contributed by atoms with Crippen LogP contribution < -0.4 is 4.90 Å². The van der Waals surface area contributed by atoms with Crippen LogP contribution in [-0.4, -0.2) is 0 Å². The number of hydrogen-bond donors (Lipinski definition) is 0. The van der Waals surface area contributed by atoms with Gasteiger partial charge in [0.1, 0.15) is 0 Å². The molecule has 0 aliphatic heterocycles. The molecule has 0 atom stereocenters. The Hall–Kier alpha value is -5.40. The molecule has 1 heteroatoms. The van der Waals surface area contributed by atoms with E-state index in [1.165, 1.54) is 93.1 Å². The summed E-state index contributed by atoms with van der Waals surface area (Å²) in [5.74, 6) is 0.606. The van der Waals surface area contributed by atoms with Crippen LogP contribution in [0.3, 0.4) is 0 Å². The minimum Gasteiger partial charge on any atom is -0.309 e. The fraction of sp³-hybridized carbons (Fsp3) is 0.200. The molecule has 0 spiro atoms. The molecule has 0 heterocycles. The second-order valence-electron chi connectivity index (χ2n) is 15.2. The Morgan fingerprint density at radius 2 is 1.00 bits per heavy atom. The van der Waals surface area contributed by atoms with Crippen molar-refractivity contribution in [2.45, 2.75) is 64.2 Å². The summed E-state index contributed by atoms with van der Waals surface area (Å²) in [5, 5.41) is 2.73. The summed E-state index contributed by atoms with van der Waals surface area (Å²) in [7, 11) is 0. The molecule has 0 aromatic heterocycles. The largest absolute Gasteiger partial charge is 0.309 e. The van der Waals surface area contributed by atoms with Crippen molar-refractivity contribution < 1.29 is 0 Å². The molecular formula is C50H47N. The Bertz CT molecular complexity index is 2240. The van der Waals surface area contributed by atoms with Crippen molar-refractivity contribution in [3.05, 3.63) is 175 Å². The first-order chi connectivity index (χ1) is 25.0. The summed E-state index contributed by atoms with van der Waals surface area (Å²) in [6.07, 6.45) is 6.54. The fourth-order valence-corrected chi connectivity index (χ4v) is 8.15. The van der Waals surface area contributed by atoms with Crippen molar-refractivity contribution in [1.82, 2.24) is 0 Å². The molecule has 0 amide bonds. The van der Waals surface area contributed by atoms with Crippen molar-refractivity contribution in [1.29, 1.82) is 0 Å². The van der Waals surface area contributed by atoms with Crippen LogP contribution >= 0.6 is 0 Å². The standard InChI is InChI=1S/C50H47N/c1-50(2,3)41-32-28-39(29-33-41)43-22-10-12-26-47(43)51(42-34-30-37(31-35-42)36-16-6-4-7-17-36)48-27-13-11-23-45(48)46-25-15-21-40-20-14-24-44(49(40)46)38-18-8-5-9-19-38/h4,6-7,10-17,20-35,38H,5,8-9,18-19H2,1-3H3. The molecule has 1 aliphatic rings. The molecule has 0 N–H and O–H groups in total. The van der Waals surface area contributed by atoms with E-state index in [4.69, 9.17) is 0 Å². The highest BCUT2D eigenvalue weighted by molar-refractivity contribution is 6.04. The third kappa shape index (κ3) is 6.62. The van der Waals surface area contributed by atoms with Crippen LogP contribution in [-0.2, 0) is 5.41 Å². The lowest BCUT2D eigenvalue weighted by Gasteiger charge is -2.31. The van der Waals surface area contributed by atoms with E-state index >= 15 is 0 Å². The average molecular weight is 662 g/mol. The molecular weight excluding hydrogens is 615 g/mol. The molecule has 1 nitrogen and oxygen atoms in total. The number of anilines is 3. The molecule has 7 aromatic rings. The normalized spacial score (nSPS) is 13.7. The summed E-state index contributed by atoms with van der Waals surface area (Å²) in [6.45, 7) is 6.84. The van der Waals surface area contributed by atoms with Crippen molar-refractivity contribution in [3.63, 3.8) is 0 Å². The van der Waals surface area contributed by atoms with Crippen LogP contribution in [0.25, 0.3) is 44.2 Å². The van der Waals surface area contributed by atoms with Gasteiger partial charge in [-0.15, -0.1) is 0 Å². The minimum atomic E-state index is 0.0957. The maximum Gasteiger partial charge on any atom is 0.0540 e. The number of benzene rings is 7. The molecule has 7 aromatic carbocycles. The van der Waals surface area contributed by atoms with E-state index < -0.39 is 0 Å². The molecule has 51 heavy (non-hydrogen) atoms. The van der Waals surface area contributed by atoms with E-state index in [1.54, 1.807) is 0 Å². The molecule has 252 valence electrons. The van der Waals surface area contributed by atoms with Crippen molar-refractivity contribution in [2.75, 3.05) is 4.90 Å². The van der Waals surface area contributed by atoms with E-state index in [2.05, 4.69) is 189 Å². The summed E-state index contributed by atoms with van der Waals surface area (Å²) in [4.78, 5) is 2.49. The van der Waals surface area contributed by atoms with Gasteiger partial charge in [-0.25, -0.2) is 0 Å². The Morgan fingerprint density at radius 1 is 0.451 bits per heavy atom. The van der Waals surface area contributed by atoms with Crippen molar-refractivity contribution in [2.24, 2.45) is 0 Å². The van der Waals surface area contributed by atoms with Gasteiger partial charge in [0.2, 0.25) is 0 Å². The first-order valence-corrected chi connectivity index (χ1v) is 18.7. The number of nitrogens with zero attached hydrogens (tertiary/aromatic N) is 1. The average Bonchev–Trinajstić information content (AvgIpc) is 3.19. The zero-order chi connectivity index (χ0) is 34.8. The molecule has 0 bridgehead atoms. The van der Waals surface area contributed by atoms with Crippen LogP contribution in [0.15, 0.2) is 164 Å². The topological polar surface area (TPSA) is 3.24 Å². The molecule has 1 aliphatic carbocycles. The van der Waals surface area contributed by atoms with Crippen LogP contribution in [0.5, 0.6) is 0 Å². The second-order valence-corrected chi connectivity index (χ2v) is 15.2. The monoisotopic (exact) mass is 661 g/mol. The number of hydrogen-bond acceptors (Lipinski definition) is 1. The van der Waals surface area contributed by atoms with Gasteiger partial charge in [0.05, 0.1) is 11.4 Å². The minimum absolute atomic E-state index is 0.0957. The summed E-state index contributed by atoms with van der Waals surface area (Å²) in [6, 6.07) is 60.7. The Balaban J connectivity index is 1.34. The Labute approximate surface area is 304 Å². The molecule has 1 saturated carbocycles. The lowest BCUT2D eigenvalue weighted by molar-refractivity contribution is 0.445. The van der Waals surface area contributed by atoms with E-state index in [0.717, 1.165) is 11.4 Å². The summed E-state index contributed by atoms with van der Waals surface area (Å²) < 4.78 is 0. The number of para-hydroxylation sites is 2. The van der Waals surface area contributed by atoms with Crippen LogP contribution in [0.2, 0.25) is 0 Å². The highest BCUT2D eigenvalue weighted by Crippen LogP contribution is 2.47. The predicted molar refractivity (Wildman–Crippen MR) is 219 cm³/mol. The van der Waals surface area contributed by atoms with Crippen LogP contribution in [0.4, 0.5) is 17.1 Å². The Morgan fingerprint density at radius 3 is 1.69 bits per heavy atom. The maximum absolute atomic E-state index is 2.49. The zero-order valence-corrected chi connectivity index (χ0v) is 30.1. The van der Waals surface area contributed by atoms with Gasteiger partial charge in [-0.3, -0.25) is 0 Å². The van der Waals surface area contributed by atoms with Crippen molar-refractivity contribution >= 4 is 27.8 Å². The molecule has 0 radical (unpaired) electrons. The van der Waals surface area contributed by atoms with E-state index in [0.29, 0.717) is 5.92 Å². The first-order valence-electron chi connectivity index (χ1n) is 18.7. The van der Waals surface area contributed by atoms with Gasteiger partial charge >= 0.3 is 0 Å². The highest BCUT2D eigenvalue weighted by Gasteiger charge is 2.24. The number of fused-ring (bicyclic) bond motifs is 1. The lowest BCUT2D eigenvalue weighted by Crippen LogP contribution is -2.13. The van der Waals surface area contributed by atoms with Gasteiger partial charge in [-0.1, -0.05) is 180 Å². The zero-order valence-electron chi connectivity index (χ0n) is 30.1.